The van der Waals surface area contributed by atoms with E-state index in [9.17, 15) is 0 Å². The lowest BCUT2D eigenvalue weighted by Gasteiger charge is -2.12. The fourth-order valence-corrected chi connectivity index (χ4v) is 2.26. The highest BCUT2D eigenvalue weighted by Gasteiger charge is 2.16. The second-order valence-electron chi connectivity index (χ2n) is 4.29. The Balaban J connectivity index is 2.31. The van der Waals surface area contributed by atoms with Gasteiger partial charge in [0, 0.05) is 24.4 Å². The number of aryl methyl sites for hydroxylation is 1. The van der Waals surface area contributed by atoms with E-state index in [1.54, 1.807) is 10.7 Å². The number of imidazole rings is 1. The Morgan fingerprint density at radius 2 is 2.16 bits per heavy atom. The van der Waals surface area contributed by atoms with E-state index < -0.39 is 0 Å². The molecule has 0 fully saturated rings. The first-order valence-corrected chi connectivity index (χ1v) is 6.48. The highest BCUT2D eigenvalue weighted by Crippen LogP contribution is 2.22. The van der Waals surface area contributed by atoms with Crippen molar-refractivity contribution in [1.82, 2.24) is 29.1 Å². The lowest BCUT2D eigenvalue weighted by Crippen LogP contribution is -2.10. The first kappa shape index (κ1) is 12.1. The lowest BCUT2D eigenvalue weighted by molar-refractivity contribution is 0.764. The van der Waals surface area contributed by atoms with E-state index in [1.807, 2.05) is 17.7 Å². The van der Waals surface area contributed by atoms with Gasteiger partial charge >= 0.3 is 0 Å². The molecule has 0 unspecified atom stereocenters. The smallest absolute Gasteiger partial charge is 0.255 e. The Kier molecular flexibility index (Phi) is 2.94. The number of nitrogens with zero attached hydrogens (tertiary/aromatic N) is 6. The fraction of sp³-hybridized carbons (Fsp3) is 0.333. The number of hydrogen-bond acceptors (Lipinski definition) is 4. The van der Waals surface area contributed by atoms with Crippen LogP contribution in [0.25, 0.3) is 11.6 Å². The molecule has 0 aliphatic heterocycles. The van der Waals surface area contributed by atoms with E-state index in [0.717, 1.165) is 30.0 Å². The second kappa shape index (κ2) is 4.62. The summed E-state index contributed by atoms with van der Waals surface area (Å²) < 4.78 is 3.68. The summed E-state index contributed by atoms with van der Waals surface area (Å²) in [6.45, 7) is 4.04. The molecule has 3 rings (SSSR count). The average Bonchev–Trinajstić information content (AvgIpc) is 3.01. The Morgan fingerprint density at radius 1 is 1.32 bits per heavy atom. The highest BCUT2D eigenvalue weighted by molar-refractivity contribution is 6.30. The van der Waals surface area contributed by atoms with Crippen molar-refractivity contribution in [1.29, 1.82) is 0 Å². The van der Waals surface area contributed by atoms with Crippen LogP contribution in [-0.4, -0.2) is 29.1 Å². The van der Waals surface area contributed by atoms with Crippen LogP contribution in [0, 0.1) is 6.92 Å². The zero-order chi connectivity index (χ0) is 13.4. The van der Waals surface area contributed by atoms with E-state index in [0.29, 0.717) is 10.9 Å². The fourth-order valence-electron chi connectivity index (χ4n) is 2.10. The zero-order valence-corrected chi connectivity index (χ0v) is 11.5. The molecule has 0 spiro atoms. The summed E-state index contributed by atoms with van der Waals surface area (Å²) in [5.74, 6) is 2.31. The predicted molar refractivity (Wildman–Crippen MR) is 71.6 cm³/mol. The highest BCUT2D eigenvalue weighted by atomic mass is 35.5. The number of aromatic nitrogens is 6. The van der Waals surface area contributed by atoms with Gasteiger partial charge in [0.1, 0.15) is 23.1 Å². The van der Waals surface area contributed by atoms with Crippen LogP contribution in [0.5, 0.6) is 0 Å². The van der Waals surface area contributed by atoms with Gasteiger partial charge in [0.05, 0.1) is 0 Å². The van der Waals surface area contributed by atoms with Crippen molar-refractivity contribution in [3.63, 3.8) is 0 Å². The normalized spacial score (nSPS) is 11.3. The molecule has 0 amide bonds. The molecule has 0 N–H and O–H groups in total. The first-order valence-electron chi connectivity index (χ1n) is 6.10. The van der Waals surface area contributed by atoms with Gasteiger partial charge in [-0.2, -0.15) is 19.6 Å². The van der Waals surface area contributed by atoms with Crippen LogP contribution in [0.2, 0.25) is 5.15 Å². The van der Waals surface area contributed by atoms with Crippen molar-refractivity contribution in [2.75, 3.05) is 0 Å². The number of halogens is 1. The predicted octanol–water partition coefficient (Wildman–Crippen LogP) is 2.22. The standard InChI is InChI=1S/C12H13ClN6/c1-3-4-9-14-5-6-18(9)11-8(2)10(13)17-12-15-7-16-19(11)12/h5-7H,3-4H2,1-2H3. The maximum absolute atomic E-state index is 6.17. The lowest BCUT2D eigenvalue weighted by atomic mass is 10.3. The van der Waals surface area contributed by atoms with Gasteiger partial charge in [0.15, 0.2) is 0 Å². The van der Waals surface area contributed by atoms with Crippen molar-refractivity contribution < 1.29 is 0 Å². The van der Waals surface area contributed by atoms with Gasteiger partial charge in [-0.1, -0.05) is 18.5 Å². The summed E-state index contributed by atoms with van der Waals surface area (Å²) in [5, 5.41) is 4.65. The molecule has 19 heavy (non-hydrogen) atoms. The quantitative estimate of drug-likeness (QED) is 0.688. The van der Waals surface area contributed by atoms with Crippen molar-refractivity contribution in [3.05, 3.63) is 35.3 Å². The first-order chi connectivity index (χ1) is 9.22. The summed E-state index contributed by atoms with van der Waals surface area (Å²) >= 11 is 6.17. The number of fused-ring (bicyclic) bond motifs is 1. The van der Waals surface area contributed by atoms with Gasteiger partial charge in [-0.15, -0.1) is 0 Å². The Labute approximate surface area is 115 Å². The van der Waals surface area contributed by atoms with Crippen molar-refractivity contribution in [2.45, 2.75) is 26.7 Å². The molecule has 0 atom stereocenters. The van der Waals surface area contributed by atoms with E-state index >= 15 is 0 Å². The molecular formula is C12H13ClN6. The topological polar surface area (TPSA) is 60.9 Å². The molecule has 0 bridgehead atoms. The van der Waals surface area contributed by atoms with Crippen LogP contribution in [0.15, 0.2) is 18.7 Å². The van der Waals surface area contributed by atoms with E-state index in [4.69, 9.17) is 11.6 Å². The van der Waals surface area contributed by atoms with Crippen LogP contribution < -0.4 is 0 Å². The molecule has 0 radical (unpaired) electrons. The average molecular weight is 277 g/mol. The van der Waals surface area contributed by atoms with Crippen LogP contribution in [-0.2, 0) is 6.42 Å². The third-order valence-electron chi connectivity index (χ3n) is 2.99. The molecule has 3 heterocycles. The third kappa shape index (κ3) is 1.88. The minimum Gasteiger partial charge on any atom is -0.287 e. The summed E-state index contributed by atoms with van der Waals surface area (Å²) in [7, 11) is 0. The second-order valence-corrected chi connectivity index (χ2v) is 4.64. The number of hydrogen-bond donors (Lipinski definition) is 0. The molecule has 3 aromatic rings. The van der Waals surface area contributed by atoms with Gasteiger partial charge in [-0.3, -0.25) is 4.57 Å². The molecule has 0 aliphatic carbocycles. The summed E-state index contributed by atoms with van der Waals surface area (Å²) in [6, 6.07) is 0. The minimum atomic E-state index is 0.437. The molecule has 0 aromatic carbocycles. The summed E-state index contributed by atoms with van der Waals surface area (Å²) in [4.78, 5) is 12.7. The maximum Gasteiger partial charge on any atom is 0.255 e. The van der Waals surface area contributed by atoms with E-state index in [2.05, 4.69) is 27.0 Å². The van der Waals surface area contributed by atoms with Gasteiger partial charge in [-0.05, 0) is 13.3 Å². The Hall–Kier alpha value is -1.95. The van der Waals surface area contributed by atoms with Gasteiger partial charge < -0.3 is 0 Å². The Morgan fingerprint density at radius 3 is 2.95 bits per heavy atom. The van der Waals surface area contributed by atoms with Crippen LogP contribution in [0.3, 0.4) is 0 Å². The van der Waals surface area contributed by atoms with Gasteiger partial charge in [-0.25, -0.2) is 4.98 Å². The molecule has 3 aromatic heterocycles. The van der Waals surface area contributed by atoms with Crippen molar-refractivity contribution in [3.8, 4) is 5.82 Å². The van der Waals surface area contributed by atoms with Crippen molar-refractivity contribution >= 4 is 17.4 Å². The molecule has 0 saturated carbocycles. The monoisotopic (exact) mass is 276 g/mol. The molecule has 98 valence electrons. The molecule has 7 heteroatoms. The number of rotatable bonds is 3. The van der Waals surface area contributed by atoms with Gasteiger partial charge in [0.2, 0.25) is 0 Å². The summed E-state index contributed by atoms with van der Waals surface area (Å²) in [5.41, 5.74) is 0.856. The molecule has 0 saturated heterocycles. The Bertz CT molecular complexity index is 729. The summed E-state index contributed by atoms with van der Waals surface area (Å²) in [6.07, 6.45) is 7.07. The van der Waals surface area contributed by atoms with Crippen molar-refractivity contribution in [2.24, 2.45) is 0 Å². The third-order valence-corrected chi connectivity index (χ3v) is 3.36. The van der Waals surface area contributed by atoms with E-state index in [1.165, 1.54) is 6.33 Å². The minimum absolute atomic E-state index is 0.437. The molecular weight excluding hydrogens is 264 g/mol. The maximum atomic E-state index is 6.17. The molecule has 0 aliphatic rings. The largest absolute Gasteiger partial charge is 0.287 e. The van der Waals surface area contributed by atoms with Gasteiger partial charge in [0.25, 0.3) is 5.78 Å². The van der Waals surface area contributed by atoms with Crippen LogP contribution in [0.4, 0.5) is 0 Å². The SMILES string of the molecule is CCCc1nccn1-c1c(C)c(Cl)nc2ncnn12. The molecule has 6 nitrogen and oxygen atoms in total. The zero-order valence-electron chi connectivity index (χ0n) is 10.7. The van der Waals surface area contributed by atoms with Crippen LogP contribution >= 0.6 is 11.6 Å². The van der Waals surface area contributed by atoms with Crippen LogP contribution in [0.1, 0.15) is 24.7 Å². The van der Waals surface area contributed by atoms with E-state index in [-0.39, 0.29) is 0 Å².